The van der Waals surface area contributed by atoms with Crippen LogP contribution in [0.1, 0.15) is 46.4 Å². The fraction of sp³-hybridized carbons (Fsp3) is 0.286. The Balaban J connectivity index is 1.59. The molecule has 0 radical (unpaired) electrons. The number of halogens is 2. The van der Waals surface area contributed by atoms with Crippen LogP contribution in [0.5, 0.6) is 0 Å². The lowest BCUT2D eigenvalue weighted by Crippen LogP contribution is -2.33. The van der Waals surface area contributed by atoms with E-state index in [1.165, 1.54) is 6.07 Å². The molecule has 1 aliphatic rings. The predicted molar refractivity (Wildman–Crippen MR) is 106 cm³/mol. The van der Waals surface area contributed by atoms with Crippen LogP contribution < -0.4 is 10.6 Å². The summed E-state index contributed by atoms with van der Waals surface area (Å²) in [6, 6.07) is 9.99. The maximum absolute atomic E-state index is 13.1. The molecule has 1 saturated carbocycles. The standard InChI is InChI=1S/C21H20ClFN2O4/c22-17-11-13(23)9-10-15(17)21(28)29-12-19(26)25-18-8-4-3-7-16(18)20(27)24-14-5-1-2-6-14/h3-4,7-11,14H,1-2,5-6,12H2,(H,24,27)(H,25,26). The monoisotopic (exact) mass is 418 g/mol. The topological polar surface area (TPSA) is 84.5 Å². The van der Waals surface area contributed by atoms with Crippen LogP contribution in [0.2, 0.25) is 5.02 Å². The van der Waals surface area contributed by atoms with Gasteiger partial charge in [-0.1, -0.05) is 36.6 Å². The van der Waals surface area contributed by atoms with E-state index in [-0.39, 0.29) is 22.5 Å². The van der Waals surface area contributed by atoms with Gasteiger partial charge in [-0.25, -0.2) is 9.18 Å². The molecular weight excluding hydrogens is 399 g/mol. The van der Waals surface area contributed by atoms with Gasteiger partial charge in [-0.2, -0.15) is 0 Å². The summed E-state index contributed by atoms with van der Waals surface area (Å²) in [5.41, 5.74) is 0.613. The largest absolute Gasteiger partial charge is 0.452 e. The highest BCUT2D eigenvalue weighted by molar-refractivity contribution is 6.33. The highest BCUT2D eigenvalue weighted by Crippen LogP contribution is 2.21. The highest BCUT2D eigenvalue weighted by Gasteiger charge is 2.20. The Hall–Kier alpha value is -2.93. The molecule has 6 nitrogen and oxygen atoms in total. The Kier molecular flexibility index (Phi) is 6.82. The Labute approximate surface area is 172 Å². The number of anilines is 1. The van der Waals surface area contributed by atoms with Crippen molar-refractivity contribution in [3.8, 4) is 0 Å². The first kappa shape index (κ1) is 20.8. The number of esters is 1. The van der Waals surface area contributed by atoms with Crippen molar-refractivity contribution in [1.29, 1.82) is 0 Å². The van der Waals surface area contributed by atoms with Gasteiger partial charge < -0.3 is 15.4 Å². The first-order valence-electron chi connectivity index (χ1n) is 9.26. The van der Waals surface area contributed by atoms with Crippen molar-refractivity contribution in [2.24, 2.45) is 0 Å². The van der Waals surface area contributed by atoms with Gasteiger partial charge in [0.05, 0.1) is 21.8 Å². The summed E-state index contributed by atoms with van der Waals surface area (Å²) >= 11 is 5.81. The van der Waals surface area contributed by atoms with Crippen molar-refractivity contribution in [2.45, 2.75) is 31.7 Å². The molecule has 0 heterocycles. The lowest BCUT2D eigenvalue weighted by molar-refractivity contribution is -0.119. The molecule has 1 aliphatic carbocycles. The number of carbonyl (C=O) groups excluding carboxylic acids is 3. The number of hydrogen-bond acceptors (Lipinski definition) is 4. The summed E-state index contributed by atoms with van der Waals surface area (Å²) in [7, 11) is 0. The number of nitrogens with one attached hydrogen (secondary N) is 2. The maximum atomic E-state index is 13.1. The molecule has 2 aromatic rings. The fourth-order valence-corrected chi connectivity index (χ4v) is 3.42. The highest BCUT2D eigenvalue weighted by atomic mass is 35.5. The molecule has 0 aliphatic heterocycles. The molecule has 0 spiro atoms. The fourth-order valence-electron chi connectivity index (χ4n) is 3.17. The van der Waals surface area contributed by atoms with Crippen molar-refractivity contribution in [2.75, 3.05) is 11.9 Å². The van der Waals surface area contributed by atoms with Gasteiger partial charge in [0.2, 0.25) is 0 Å². The van der Waals surface area contributed by atoms with E-state index in [1.807, 2.05) is 0 Å². The summed E-state index contributed by atoms with van der Waals surface area (Å²) in [6.07, 6.45) is 4.07. The second-order valence-corrected chi connectivity index (χ2v) is 7.16. The van der Waals surface area contributed by atoms with E-state index in [0.717, 1.165) is 37.8 Å². The van der Waals surface area contributed by atoms with E-state index in [2.05, 4.69) is 10.6 Å². The van der Waals surface area contributed by atoms with Crippen LogP contribution in [-0.2, 0) is 9.53 Å². The SMILES string of the molecule is O=C(COC(=O)c1ccc(F)cc1Cl)Nc1ccccc1C(=O)NC1CCCC1. The van der Waals surface area contributed by atoms with E-state index in [1.54, 1.807) is 24.3 Å². The van der Waals surface area contributed by atoms with Crippen molar-refractivity contribution < 1.29 is 23.5 Å². The molecule has 2 N–H and O–H groups in total. The molecule has 2 amide bonds. The Morgan fingerprint density at radius 1 is 1.07 bits per heavy atom. The first-order chi connectivity index (χ1) is 13.9. The maximum Gasteiger partial charge on any atom is 0.340 e. The Morgan fingerprint density at radius 2 is 1.79 bits per heavy atom. The van der Waals surface area contributed by atoms with Crippen LogP contribution in [-0.4, -0.2) is 30.4 Å². The van der Waals surface area contributed by atoms with E-state index < -0.39 is 24.3 Å². The summed E-state index contributed by atoms with van der Waals surface area (Å²) in [5, 5.41) is 5.44. The quantitative estimate of drug-likeness (QED) is 0.696. The Morgan fingerprint density at radius 3 is 2.52 bits per heavy atom. The molecular formula is C21H20ClFN2O4. The van der Waals surface area contributed by atoms with E-state index in [4.69, 9.17) is 16.3 Å². The van der Waals surface area contributed by atoms with Crippen LogP contribution in [0.25, 0.3) is 0 Å². The van der Waals surface area contributed by atoms with Gasteiger partial charge in [0.25, 0.3) is 11.8 Å². The number of carbonyl (C=O) groups is 3. The number of ether oxygens (including phenoxy) is 1. The van der Waals surface area contributed by atoms with Crippen LogP contribution in [0.4, 0.5) is 10.1 Å². The molecule has 0 unspecified atom stereocenters. The molecule has 152 valence electrons. The number of hydrogen-bond donors (Lipinski definition) is 2. The molecule has 1 fully saturated rings. The first-order valence-corrected chi connectivity index (χ1v) is 9.64. The van der Waals surface area contributed by atoms with Gasteiger partial charge in [-0.15, -0.1) is 0 Å². The van der Waals surface area contributed by atoms with Crippen molar-refractivity contribution >= 4 is 35.1 Å². The lowest BCUT2D eigenvalue weighted by Gasteiger charge is -2.15. The normalized spacial score (nSPS) is 13.7. The molecule has 0 saturated heterocycles. The molecule has 0 atom stereocenters. The minimum Gasteiger partial charge on any atom is -0.452 e. The summed E-state index contributed by atoms with van der Waals surface area (Å²) in [4.78, 5) is 36.7. The number of amides is 2. The molecule has 3 rings (SSSR count). The van der Waals surface area contributed by atoms with Crippen LogP contribution >= 0.6 is 11.6 Å². The van der Waals surface area contributed by atoms with Gasteiger partial charge in [-0.3, -0.25) is 9.59 Å². The summed E-state index contributed by atoms with van der Waals surface area (Å²) in [6.45, 7) is -0.578. The Bertz CT molecular complexity index is 929. The van der Waals surface area contributed by atoms with Crippen LogP contribution in [0.3, 0.4) is 0 Å². The van der Waals surface area contributed by atoms with E-state index >= 15 is 0 Å². The van der Waals surface area contributed by atoms with Crippen LogP contribution in [0, 0.1) is 5.82 Å². The summed E-state index contributed by atoms with van der Waals surface area (Å²) in [5.74, 6) is -2.31. The molecule has 0 aromatic heterocycles. The molecule has 29 heavy (non-hydrogen) atoms. The average Bonchev–Trinajstić information content (AvgIpc) is 3.19. The zero-order valence-corrected chi connectivity index (χ0v) is 16.3. The average molecular weight is 419 g/mol. The zero-order valence-electron chi connectivity index (χ0n) is 15.5. The van der Waals surface area contributed by atoms with Gasteiger partial charge in [0.1, 0.15) is 5.82 Å². The third kappa shape index (κ3) is 5.54. The zero-order chi connectivity index (χ0) is 20.8. The third-order valence-electron chi connectivity index (χ3n) is 4.62. The van der Waals surface area contributed by atoms with Gasteiger partial charge >= 0.3 is 5.97 Å². The lowest BCUT2D eigenvalue weighted by atomic mass is 10.1. The summed E-state index contributed by atoms with van der Waals surface area (Å²) < 4.78 is 18.0. The predicted octanol–water partition coefficient (Wildman–Crippen LogP) is 3.95. The van der Waals surface area contributed by atoms with E-state index in [9.17, 15) is 18.8 Å². The molecule has 8 heteroatoms. The van der Waals surface area contributed by atoms with Crippen LogP contribution in [0.15, 0.2) is 42.5 Å². The second-order valence-electron chi connectivity index (χ2n) is 6.75. The number of para-hydroxylation sites is 1. The van der Waals surface area contributed by atoms with Crippen molar-refractivity contribution in [3.63, 3.8) is 0 Å². The number of rotatable bonds is 6. The smallest absolute Gasteiger partial charge is 0.340 e. The molecule has 0 bridgehead atoms. The van der Waals surface area contributed by atoms with Gasteiger partial charge in [0, 0.05) is 6.04 Å². The third-order valence-corrected chi connectivity index (χ3v) is 4.93. The molecule has 2 aromatic carbocycles. The van der Waals surface area contributed by atoms with Gasteiger partial charge in [-0.05, 0) is 43.2 Å². The minimum atomic E-state index is -0.850. The second kappa shape index (κ2) is 9.52. The minimum absolute atomic E-state index is 0.0443. The number of benzene rings is 2. The van der Waals surface area contributed by atoms with E-state index in [0.29, 0.717) is 11.3 Å². The van der Waals surface area contributed by atoms with Crippen molar-refractivity contribution in [1.82, 2.24) is 5.32 Å². The van der Waals surface area contributed by atoms with Gasteiger partial charge in [0.15, 0.2) is 6.61 Å². The van der Waals surface area contributed by atoms with Crippen molar-refractivity contribution in [3.05, 3.63) is 64.4 Å².